The fraction of sp³-hybridized carbons (Fsp3) is 0.133. The van der Waals surface area contributed by atoms with Gasteiger partial charge in [0.1, 0.15) is 0 Å². The molecule has 0 atom stereocenters. The van der Waals surface area contributed by atoms with Gasteiger partial charge in [0.15, 0.2) is 0 Å². The van der Waals surface area contributed by atoms with Crippen LogP contribution in [0, 0.1) is 13.8 Å². The first-order chi connectivity index (χ1) is 9.00. The van der Waals surface area contributed by atoms with Gasteiger partial charge in [0.2, 0.25) is 0 Å². The van der Waals surface area contributed by atoms with Crippen molar-refractivity contribution in [2.45, 2.75) is 13.8 Å². The predicted molar refractivity (Wildman–Crippen MR) is 77.6 cm³/mol. The molecule has 2 rings (SSSR count). The summed E-state index contributed by atoms with van der Waals surface area (Å²) in [5.74, 6) is -0.968. The van der Waals surface area contributed by atoms with Crippen molar-refractivity contribution in [3.8, 4) is 0 Å². The molecule has 0 spiro atoms. The highest BCUT2D eigenvalue weighted by molar-refractivity contribution is 6.33. The van der Waals surface area contributed by atoms with Gasteiger partial charge in [-0.05, 0) is 43.2 Å². The van der Waals surface area contributed by atoms with E-state index in [0.29, 0.717) is 10.7 Å². The van der Waals surface area contributed by atoms with E-state index in [0.717, 1.165) is 16.8 Å². The van der Waals surface area contributed by atoms with Crippen molar-refractivity contribution in [3.05, 3.63) is 58.1 Å². The average Bonchev–Trinajstić information content (AvgIpc) is 2.39. The number of benzene rings is 2. The van der Waals surface area contributed by atoms with Crippen LogP contribution in [0.1, 0.15) is 21.5 Å². The Morgan fingerprint density at radius 3 is 2.53 bits per heavy atom. The summed E-state index contributed by atoms with van der Waals surface area (Å²) in [4.78, 5) is 11.2. The van der Waals surface area contributed by atoms with Gasteiger partial charge in [0, 0.05) is 0 Å². The molecule has 0 unspecified atom stereocenters. The van der Waals surface area contributed by atoms with Crippen molar-refractivity contribution in [1.29, 1.82) is 0 Å². The predicted octanol–water partition coefficient (Wildman–Crippen LogP) is 4.40. The fourth-order valence-corrected chi connectivity index (χ4v) is 2.10. The van der Waals surface area contributed by atoms with Gasteiger partial charge in [0.05, 0.1) is 22.0 Å². The van der Waals surface area contributed by atoms with E-state index in [4.69, 9.17) is 16.7 Å². The lowest BCUT2D eigenvalue weighted by Gasteiger charge is -2.15. The normalized spacial score (nSPS) is 10.3. The van der Waals surface area contributed by atoms with Crippen LogP contribution in [-0.4, -0.2) is 11.1 Å². The van der Waals surface area contributed by atoms with E-state index < -0.39 is 5.97 Å². The van der Waals surface area contributed by atoms with Crippen molar-refractivity contribution >= 4 is 28.9 Å². The quantitative estimate of drug-likeness (QED) is 0.873. The number of hydrogen-bond acceptors (Lipinski definition) is 2. The SMILES string of the molecule is Cc1ccc(Cl)c(Nc2ccccc2C(=O)O)c1C. The Balaban J connectivity index is 2.48. The zero-order valence-corrected chi connectivity index (χ0v) is 11.5. The van der Waals surface area contributed by atoms with E-state index in [9.17, 15) is 4.79 Å². The summed E-state index contributed by atoms with van der Waals surface area (Å²) in [6, 6.07) is 10.5. The van der Waals surface area contributed by atoms with Gasteiger partial charge in [-0.25, -0.2) is 4.79 Å². The average molecular weight is 276 g/mol. The first kappa shape index (κ1) is 13.4. The van der Waals surface area contributed by atoms with Gasteiger partial charge in [-0.3, -0.25) is 0 Å². The molecule has 0 saturated carbocycles. The van der Waals surface area contributed by atoms with Gasteiger partial charge >= 0.3 is 5.97 Å². The summed E-state index contributed by atoms with van der Waals surface area (Å²) in [7, 11) is 0. The third-order valence-corrected chi connectivity index (χ3v) is 3.42. The minimum atomic E-state index is -0.968. The molecule has 98 valence electrons. The number of aromatic carboxylic acids is 1. The number of halogens is 1. The zero-order chi connectivity index (χ0) is 14.0. The van der Waals surface area contributed by atoms with Gasteiger partial charge < -0.3 is 10.4 Å². The number of rotatable bonds is 3. The van der Waals surface area contributed by atoms with E-state index in [1.54, 1.807) is 30.3 Å². The molecule has 0 aromatic heterocycles. The van der Waals surface area contributed by atoms with Crippen molar-refractivity contribution in [3.63, 3.8) is 0 Å². The Hall–Kier alpha value is -2.00. The van der Waals surface area contributed by atoms with Crippen molar-refractivity contribution in [1.82, 2.24) is 0 Å². The van der Waals surface area contributed by atoms with Crippen molar-refractivity contribution < 1.29 is 9.90 Å². The molecule has 0 saturated heterocycles. The fourth-order valence-electron chi connectivity index (χ4n) is 1.85. The Morgan fingerprint density at radius 2 is 1.84 bits per heavy atom. The van der Waals surface area contributed by atoms with E-state index in [-0.39, 0.29) is 5.56 Å². The molecular weight excluding hydrogens is 262 g/mol. The van der Waals surface area contributed by atoms with Crippen LogP contribution in [-0.2, 0) is 0 Å². The summed E-state index contributed by atoms with van der Waals surface area (Å²) in [5.41, 5.74) is 3.60. The van der Waals surface area contributed by atoms with Crippen LogP contribution in [0.25, 0.3) is 0 Å². The van der Waals surface area contributed by atoms with Crippen LogP contribution in [0.4, 0.5) is 11.4 Å². The second-order valence-electron chi connectivity index (χ2n) is 4.34. The van der Waals surface area contributed by atoms with Crippen LogP contribution in [0.5, 0.6) is 0 Å². The number of nitrogens with one attached hydrogen (secondary N) is 1. The van der Waals surface area contributed by atoms with Crippen LogP contribution >= 0.6 is 11.6 Å². The summed E-state index contributed by atoms with van der Waals surface area (Å²) in [5, 5.41) is 12.9. The molecule has 0 aliphatic carbocycles. The lowest BCUT2D eigenvalue weighted by molar-refractivity contribution is 0.0698. The van der Waals surface area contributed by atoms with Gasteiger partial charge in [-0.15, -0.1) is 0 Å². The molecule has 0 aliphatic heterocycles. The minimum absolute atomic E-state index is 0.222. The molecule has 2 aromatic rings. The van der Waals surface area contributed by atoms with Crippen LogP contribution < -0.4 is 5.32 Å². The number of carboxylic acids is 1. The molecule has 19 heavy (non-hydrogen) atoms. The summed E-state index contributed by atoms with van der Waals surface area (Å²) < 4.78 is 0. The third kappa shape index (κ3) is 2.71. The van der Waals surface area contributed by atoms with Crippen molar-refractivity contribution in [2.75, 3.05) is 5.32 Å². The monoisotopic (exact) mass is 275 g/mol. The lowest BCUT2D eigenvalue weighted by atomic mass is 10.1. The maximum absolute atomic E-state index is 11.2. The molecule has 0 bridgehead atoms. The van der Waals surface area contributed by atoms with E-state index in [1.165, 1.54) is 0 Å². The van der Waals surface area contributed by atoms with E-state index >= 15 is 0 Å². The molecule has 2 aromatic carbocycles. The number of aryl methyl sites for hydroxylation is 1. The first-order valence-electron chi connectivity index (χ1n) is 5.85. The molecular formula is C15H14ClNO2. The molecule has 0 fully saturated rings. The topological polar surface area (TPSA) is 49.3 Å². The number of hydrogen-bond donors (Lipinski definition) is 2. The van der Waals surface area contributed by atoms with Crippen molar-refractivity contribution in [2.24, 2.45) is 0 Å². The molecule has 0 aliphatic rings. The van der Waals surface area contributed by atoms with Gasteiger partial charge in [-0.2, -0.15) is 0 Å². The number of carboxylic acid groups (broad SMARTS) is 1. The van der Waals surface area contributed by atoms with Crippen LogP contribution in [0.15, 0.2) is 36.4 Å². The summed E-state index contributed by atoms with van der Waals surface area (Å²) >= 11 is 6.17. The molecule has 0 heterocycles. The molecule has 0 amide bonds. The Kier molecular flexibility index (Phi) is 3.76. The molecule has 4 heteroatoms. The first-order valence-corrected chi connectivity index (χ1v) is 6.23. The highest BCUT2D eigenvalue weighted by atomic mass is 35.5. The minimum Gasteiger partial charge on any atom is -0.478 e. The number of carbonyl (C=O) groups is 1. The maximum Gasteiger partial charge on any atom is 0.337 e. The third-order valence-electron chi connectivity index (χ3n) is 3.10. The molecule has 3 nitrogen and oxygen atoms in total. The summed E-state index contributed by atoms with van der Waals surface area (Å²) in [6.45, 7) is 3.94. The Bertz CT molecular complexity index is 638. The number of para-hydroxylation sites is 1. The number of anilines is 2. The standard InChI is InChI=1S/C15H14ClNO2/c1-9-7-8-12(16)14(10(9)2)17-13-6-4-3-5-11(13)15(18)19/h3-8,17H,1-2H3,(H,18,19). The second-order valence-corrected chi connectivity index (χ2v) is 4.75. The van der Waals surface area contributed by atoms with Gasteiger partial charge in [-0.1, -0.05) is 29.8 Å². The maximum atomic E-state index is 11.2. The second kappa shape index (κ2) is 5.33. The van der Waals surface area contributed by atoms with Gasteiger partial charge in [0.25, 0.3) is 0 Å². The molecule has 2 N–H and O–H groups in total. The Morgan fingerprint density at radius 1 is 1.16 bits per heavy atom. The Labute approximate surface area is 116 Å². The van der Waals surface area contributed by atoms with E-state index in [2.05, 4.69) is 5.32 Å². The lowest BCUT2D eigenvalue weighted by Crippen LogP contribution is -2.04. The van der Waals surface area contributed by atoms with Crippen LogP contribution in [0.2, 0.25) is 5.02 Å². The highest BCUT2D eigenvalue weighted by Crippen LogP contribution is 2.32. The van der Waals surface area contributed by atoms with Crippen LogP contribution in [0.3, 0.4) is 0 Å². The largest absolute Gasteiger partial charge is 0.478 e. The molecule has 0 radical (unpaired) electrons. The zero-order valence-electron chi connectivity index (χ0n) is 10.7. The highest BCUT2D eigenvalue weighted by Gasteiger charge is 2.12. The van der Waals surface area contributed by atoms with E-state index in [1.807, 2.05) is 19.9 Å². The smallest absolute Gasteiger partial charge is 0.337 e. The summed E-state index contributed by atoms with van der Waals surface area (Å²) in [6.07, 6.45) is 0.